The highest BCUT2D eigenvalue weighted by Crippen LogP contribution is 2.27. The third-order valence-electron chi connectivity index (χ3n) is 2.41. The molecule has 1 aromatic rings. The Hall–Kier alpha value is -2.11. The van der Waals surface area contributed by atoms with Crippen LogP contribution in [0.2, 0.25) is 0 Å². The van der Waals surface area contributed by atoms with Crippen LogP contribution in [0.15, 0.2) is 18.2 Å². The average Bonchev–Trinajstić information content (AvgIpc) is 2.19. The van der Waals surface area contributed by atoms with Gasteiger partial charge in [-0.25, -0.2) is 0 Å². The standard InChI is InChI=1S/C10H11N3O3/c1-6-2-3-7-8(4-6)12-10(14)9(11-7)5-13(15)16/h2-4,9,11H,5H2,1H3,(H,12,14). The summed E-state index contributed by atoms with van der Waals surface area (Å²) in [4.78, 5) is 21.4. The van der Waals surface area contributed by atoms with Gasteiger partial charge in [0.1, 0.15) is 0 Å². The van der Waals surface area contributed by atoms with E-state index >= 15 is 0 Å². The molecule has 0 saturated heterocycles. The molecule has 1 atom stereocenters. The van der Waals surface area contributed by atoms with Gasteiger partial charge in [-0.15, -0.1) is 0 Å². The van der Waals surface area contributed by atoms with Crippen LogP contribution in [0.4, 0.5) is 11.4 Å². The van der Waals surface area contributed by atoms with E-state index in [9.17, 15) is 14.9 Å². The molecular weight excluding hydrogens is 210 g/mol. The van der Waals surface area contributed by atoms with E-state index in [1.807, 2.05) is 19.1 Å². The predicted octanol–water partition coefficient (Wildman–Crippen LogP) is 1.00. The first kappa shape index (κ1) is 10.4. The smallest absolute Gasteiger partial charge is 0.253 e. The van der Waals surface area contributed by atoms with Crippen LogP contribution < -0.4 is 10.6 Å². The van der Waals surface area contributed by atoms with Crippen molar-refractivity contribution in [3.8, 4) is 0 Å². The number of nitrogens with zero attached hydrogens (tertiary/aromatic N) is 1. The summed E-state index contributed by atoms with van der Waals surface area (Å²) in [6, 6.07) is 4.71. The zero-order valence-electron chi connectivity index (χ0n) is 8.69. The number of fused-ring (bicyclic) bond motifs is 1. The van der Waals surface area contributed by atoms with Crippen molar-refractivity contribution in [3.63, 3.8) is 0 Å². The van der Waals surface area contributed by atoms with E-state index < -0.39 is 17.5 Å². The minimum absolute atomic E-state index is 0.366. The molecule has 16 heavy (non-hydrogen) atoms. The van der Waals surface area contributed by atoms with Crippen LogP contribution in [0.3, 0.4) is 0 Å². The number of amides is 1. The normalized spacial score (nSPS) is 18.3. The topological polar surface area (TPSA) is 84.3 Å². The van der Waals surface area contributed by atoms with Crippen LogP contribution in [0.25, 0.3) is 0 Å². The maximum atomic E-state index is 11.5. The van der Waals surface area contributed by atoms with Crippen LogP contribution in [-0.2, 0) is 4.79 Å². The number of aryl methyl sites for hydroxylation is 1. The van der Waals surface area contributed by atoms with E-state index in [4.69, 9.17) is 0 Å². The summed E-state index contributed by atoms with van der Waals surface area (Å²) < 4.78 is 0. The van der Waals surface area contributed by atoms with Gasteiger partial charge < -0.3 is 10.6 Å². The quantitative estimate of drug-likeness (QED) is 0.576. The molecule has 6 nitrogen and oxygen atoms in total. The van der Waals surface area contributed by atoms with Gasteiger partial charge in [0.2, 0.25) is 6.54 Å². The van der Waals surface area contributed by atoms with Crippen LogP contribution in [0.1, 0.15) is 5.56 Å². The third kappa shape index (κ3) is 1.95. The maximum Gasteiger partial charge on any atom is 0.253 e. The fourth-order valence-electron chi connectivity index (χ4n) is 1.64. The third-order valence-corrected chi connectivity index (χ3v) is 2.41. The van der Waals surface area contributed by atoms with Crippen LogP contribution in [0, 0.1) is 17.0 Å². The molecule has 1 heterocycles. The molecule has 2 rings (SSSR count). The lowest BCUT2D eigenvalue weighted by molar-refractivity contribution is -0.479. The van der Waals surface area contributed by atoms with Gasteiger partial charge in [0, 0.05) is 4.92 Å². The van der Waals surface area contributed by atoms with Crippen molar-refractivity contribution in [2.24, 2.45) is 0 Å². The molecule has 1 amide bonds. The van der Waals surface area contributed by atoms with Gasteiger partial charge in [-0.05, 0) is 24.6 Å². The minimum atomic E-state index is -0.801. The molecule has 84 valence electrons. The van der Waals surface area contributed by atoms with Gasteiger partial charge >= 0.3 is 0 Å². The largest absolute Gasteiger partial charge is 0.367 e. The van der Waals surface area contributed by atoms with Gasteiger partial charge in [0.05, 0.1) is 11.4 Å². The van der Waals surface area contributed by atoms with Crippen molar-refractivity contribution in [1.82, 2.24) is 0 Å². The highest BCUT2D eigenvalue weighted by Gasteiger charge is 2.29. The van der Waals surface area contributed by atoms with Crippen molar-refractivity contribution in [2.45, 2.75) is 13.0 Å². The first-order chi connectivity index (χ1) is 7.56. The zero-order valence-corrected chi connectivity index (χ0v) is 8.69. The lowest BCUT2D eigenvalue weighted by Gasteiger charge is -2.24. The number of carbonyl (C=O) groups excluding carboxylic acids is 1. The summed E-state index contributed by atoms with van der Waals surface area (Å²) >= 11 is 0. The molecule has 0 fully saturated rings. The van der Waals surface area contributed by atoms with E-state index in [0.717, 1.165) is 11.3 Å². The van der Waals surface area contributed by atoms with E-state index in [-0.39, 0.29) is 5.91 Å². The second-order valence-corrected chi connectivity index (χ2v) is 3.75. The number of anilines is 2. The van der Waals surface area contributed by atoms with E-state index in [0.29, 0.717) is 5.69 Å². The Balaban J connectivity index is 2.25. The van der Waals surface area contributed by atoms with Crippen molar-refractivity contribution >= 4 is 17.3 Å². The number of hydrogen-bond donors (Lipinski definition) is 2. The van der Waals surface area contributed by atoms with Gasteiger partial charge in [0.15, 0.2) is 6.04 Å². The van der Waals surface area contributed by atoms with Crippen molar-refractivity contribution in [3.05, 3.63) is 33.9 Å². The highest BCUT2D eigenvalue weighted by molar-refractivity contribution is 6.03. The zero-order chi connectivity index (χ0) is 11.7. The van der Waals surface area contributed by atoms with Gasteiger partial charge in [-0.2, -0.15) is 0 Å². The second kappa shape index (κ2) is 3.80. The Bertz CT molecular complexity index is 459. The summed E-state index contributed by atoms with van der Waals surface area (Å²) in [5, 5.41) is 15.9. The summed E-state index contributed by atoms with van der Waals surface area (Å²) in [7, 11) is 0. The van der Waals surface area contributed by atoms with E-state index in [1.54, 1.807) is 6.07 Å². The molecule has 0 aliphatic carbocycles. The molecule has 0 spiro atoms. The second-order valence-electron chi connectivity index (χ2n) is 3.75. The average molecular weight is 221 g/mol. The maximum absolute atomic E-state index is 11.5. The molecule has 0 radical (unpaired) electrons. The first-order valence-corrected chi connectivity index (χ1v) is 4.86. The predicted molar refractivity (Wildman–Crippen MR) is 59.1 cm³/mol. The molecule has 1 aliphatic heterocycles. The summed E-state index contributed by atoms with van der Waals surface area (Å²) in [6.07, 6.45) is 0. The molecule has 0 bridgehead atoms. The number of hydrogen-bond acceptors (Lipinski definition) is 4. The summed E-state index contributed by atoms with van der Waals surface area (Å²) in [5.41, 5.74) is 2.41. The molecule has 0 saturated carbocycles. The number of carbonyl (C=O) groups is 1. The Kier molecular flexibility index (Phi) is 2.47. The number of nitro groups is 1. The number of rotatable bonds is 2. The summed E-state index contributed by atoms with van der Waals surface area (Å²) in [5.74, 6) is -0.366. The van der Waals surface area contributed by atoms with Gasteiger partial charge in [-0.3, -0.25) is 14.9 Å². The molecule has 1 aromatic carbocycles. The first-order valence-electron chi connectivity index (χ1n) is 4.86. The Morgan fingerprint density at radius 2 is 2.19 bits per heavy atom. The SMILES string of the molecule is Cc1ccc2c(c1)NC(=O)C(C[N+](=O)[O-])N2. The van der Waals surface area contributed by atoms with Gasteiger partial charge in [-0.1, -0.05) is 6.07 Å². The highest BCUT2D eigenvalue weighted by atomic mass is 16.6. The number of nitrogens with one attached hydrogen (secondary N) is 2. The fraction of sp³-hybridized carbons (Fsp3) is 0.300. The minimum Gasteiger partial charge on any atom is -0.367 e. The van der Waals surface area contributed by atoms with Crippen LogP contribution >= 0.6 is 0 Å². The molecule has 0 aromatic heterocycles. The lowest BCUT2D eigenvalue weighted by Crippen LogP contribution is -2.43. The lowest BCUT2D eigenvalue weighted by atomic mass is 10.1. The fourth-order valence-corrected chi connectivity index (χ4v) is 1.64. The Morgan fingerprint density at radius 3 is 2.88 bits per heavy atom. The van der Waals surface area contributed by atoms with Crippen molar-refractivity contribution < 1.29 is 9.72 Å². The van der Waals surface area contributed by atoms with Crippen molar-refractivity contribution in [2.75, 3.05) is 17.2 Å². The molecule has 1 unspecified atom stereocenters. The Labute approximate surface area is 91.8 Å². The van der Waals surface area contributed by atoms with Crippen LogP contribution in [-0.4, -0.2) is 23.4 Å². The molecule has 1 aliphatic rings. The summed E-state index contributed by atoms with van der Waals surface area (Å²) in [6.45, 7) is 1.49. The van der Waals surface area contributed by atoms with Crippen molar-refractivity contribution in [1.29, 1.82) is 0 Å². The molecular formula is C10H11N3O3. The Morgan fingerprint density at radius 1 is 1.44 bits per heavy atom. The van der Waals surface area contributed by atoms with E-state index in [1.165, 1.54) is 0 Å². The molecule has 6 heteroatoms. The van der Waals surface area contributed by atoms with Crippen LogP contribution in [0.5, 0.6) is 0 Å². The van der Waals surface area contributed by atoms with E-state index in [2.05, 4.69) is 10.6 Å². The number of benzene rings is 1. The monoisotopic (exact) mass is 221 g/mol. The van der Waals surface area contributed by atoms with Gasteiger partial charge in [0.25, 0.3) is 5.91 Å². The molecule has 2 N–H and O–H groups in total.